The van der Waals surface area contributed by atoms with Gasteiger partial charge < -0.3 is 19.5 Å². The third-order valence-electron chi connectivity index (χ3n) is 13.4. The van der Waals surface area contributed by atoms with Crippen molar-refractivity contribution in [2.75, 3.05) is 0 Å². The molecule has 0 spiro atoms. The van der Waals surface area contributed by atoms with Crippen LogP contribution in [-0.2, 0) is 30.4 Å². The molecule has 0 aliphatic carbocycles. The fraction of sp³-hybridized carbons (Fsp3) is 0. The molecule has 0 saturated carbocycles. The molecule has 0 radical (unpaired) electrons. The number of fused-ring (bicyclic) bond motifs is 20. The van der Waals surface area contributed by atoms with Crippen LogP contribution in [0, 0.1) is 0 Å². The smallest absolute Gasteiger partial charge is 0.242 e. The van der Waals surface area contributed by atoms with Crippen LogP contribution in [0.15, 0.2) is 218 Å². The number of nitrogens with two attached hydrogens (primary N) is 1. The van der Waals surface area contributed by atoms with Crippen LogP contribution in [0.25, 0.3) is 70.4 Å². The van der Waals surface area contributed by atoms with Crippen LogP contribution in [0.1, 0.15) is 39.5 Å². The summed E-state index contributed by atoms with van der Waals surface area (Å²) in [5.41, 5.74) is 9.44. The largest absolute Gasteiger partial charge is 0.353 e. The van der Waals surface area contributed by atoms with Crippen molar-refractivity contribution in [1.29, 1.82) is 0 Å². The first-order valence-corrected chi connectivity index (χ1v) is 24.2. The van der Waals surface area contributed by atoms with Gasteiger partial charge in [0.25, 0.3) is 0 Å². The summed E-state index contributed by atoms with van der Waals surface area (Å²) in [6.45, 7) is 0. The molecule has 5 N–H and O–H groups in total. The first kappa shape index (κ1) is 42.3. The average Bonchev–Trinajstić information content (AvgIpc) is 4.14. The van der Waals surface area contributed by atoms with E-state index < -0.39 is 10.0 Å². The Bertz CT molecular complexity index is 4380. The molecule has 8 aromatic carbocycles. The first-order valence-electron chi connectivity index (χ1n) is 22.6. The van der Waals surface area contributed by atoms with Crippen LogP contribution in [0.5, 0.6) is 0 Å². The molecular weight excluding hydrogens is 961 g/mol. The van der Waals surface area contributed by atoms with E-state index in [1.54, 1.807) is 0 Å². The van der Waals surface area contributed by atoms with E-state index in [0.29, 0.717) is 11.0 Å². The second-order valence-electron chi connectivity index (χ2n) is 17.3. The van der Waals surface area contributed by atoms with E-state index in [-0.39, 0.29) is 25.3 Å². The van der Waals surface area contributed by atoms with E-state index in [1.165, 1.54) is 0 Å². The van der Waals surface area contributed by atoms with E-state index in [9.17, 15) is 0 Å². The predicted octanol–water partition coefficient (Wildman–Crippen LogP) is 9.57. The summed E-state index contributed by atoms with van der Waals surface area (Å²) in [6.07, 6.45) is 0. The third kappa shape index (κ3) is 6.66. The predicted molar refractivity (Wildman–Crippen MR) is 276 cm³/mol. The molecule has 4 aromatic heterocycles. The molecule has 1 aliphatic heterocycles. The molecule has 0 unspecified atom stereocenters. The topological polar surface area (TPSA) is 112 Å². The maximum absolute atomic E-state index is 15.0. The second-order valence-corrected chi connectivity index (χ2v) is 18.8. The molecule has 9 heteroatoms. The number of benzene rings is 8. The van der Waals surface area contributed by atoms with Gasteiger partial charge in [-0.2, -0.15) is 0 Å². The second kappa shape index (κ2) is 16.6. The van der Waals surface area contributed by atoms with Gasteiger partial charge in [0.05, 0.1) is 44.2 Å². The van der Waals surface area contributed by atoms with Crippen LogP contribution >= 0.6 is 0 Å². The normalized spacial score (nSPS) is 12.9. The van der Waals surface area contributed by atoms with Crippen molar-refractivity contribution in [3.8, 4) is 5.69 Å². The average molecular weight is 1000 g/mol. The summed E-state index contributed by atoms with van der Waals surface area (Å²) < 4.78 is 32.1. The number of hydrogen-bond donors (Lipinski definition) is 4. The molecule has 69 heavy (non-hydrogen) atoms. The zero-order chi connectivity index (χ0) is 45.5. The van der Waals surface area contributed by atoms with Gasteiger partial charge in [-0.15, -0.1) is 0 Å². The van der Waals surface area contributed by atoms with Crippen LogP contribution in [0.2, 0.25) is 0 Å². The molecule has 12 aromatic rings. The Labute approximate surface area is 410 Å². The van der Waals surface area contributed by atoms with Crippen molar-refractivity contribution in [3.05, 3.63) is 279 Å². The van der Waals surface area contributed by atoms with Crippen molar-refractivity contribution in [2.45, 2.75) is 0 Å². The van der Waals surface area contributed by atoms with E-state index in [1.807, 2.05) is 91.0 Å². The SMILES string of the molecule is NS(=O)(=O)C1=c2c3ccccc3c(n2-c2ccccc2)=C(c2ccccc2)c2[nH]c(c3ccccc23)C(c2ccccc2)=c2[nH]c(c3ccccc23)=C(c2ccccc2)c2[nH]c1c1ccccc21.[Pd]. The van der Waals surface area contributed by atoms with Crippen molar-refractivity contribution < 1.29 is 28.8 Å². The Morgan fingerprint density at radius 3 is 1.09 bits per heavy atom. The van der Waals surface area contributed by atoms with Crippen LogP contribution < -0.4 is 26.5 Å². The Balaban J connectivity index is 0.00000492. The summed E-state index contributed by atoms with van der Waals surface area (Å²) in [5, 5.41) is 17.0. The summed E-state index contributed by atoms with van der Waals surface area (Å²) in [6, 6.07) is 74.4. The van der Waals surface area contributed by atoms with Crippen LogP contribution in [-0.4, -0.2) is 27.9 Å². The van der Waals surface area contributed by atoms with E-state index in [4.69, 9.17) is 5.14 Å². The Hall–Kier alpha value is -8.03. The number of aromatic amines is 3. The fourth-order valence-electron chi connectivity index (χ4n) is 10.7. The number of rotatable bonds is 5. The van der Waals surface area contributed by atoms with E-state index >= 15 is 8.42 Å². The number of hydrogen-bond acceptors (Lipinski definition) is 2. The molecule has 13 rings (SSSR count). The Morgan fingerprint density at radius 1 is 0.333 bits per heavy atom. The van der Waals surface area contributed by atoms with Gasteiger partial charge in [-0.05, 0) is 28.8 Å². The molecule has 0 saturated heterocycles. The van der Waals surface area contributed by atoms with E-state index in [2.05, 4.69) is 147 Å². The van der Waals surface area contributed by atoms with Gasteiger partial charge in [-0.1, -0.05) is 206 Å². The third-order valence-corrected chi connectivity index (χ3v) is 14.4. The minimum atomic E-state index is -4.52. The number of para-hydroxylation sites is 1. The quantitative estimate of drug-likeness (QED) is 0.129. The first-order chi connectivity index (χ1) is 33.4. The van der Waals surface area contributed by atoms with Crippen LogP contribution in [0.3, 0.4) is 0 Å². The minimum Gasteiger partial charge on any atom is -0.353 e. The van der Waals surface area contributed by atoms with Gasteiger partial charge in [0.2, 0.25) is 10.0 Å². The van der Waals surface area contributed by atoms with Gasteiger partial charge in [0.15, 0.2) is 0 Å². The molecule has 0 amide bonds. The molecule has 8 bridgehead atoms. The summed E-state index contributed by atoms with van der Waals surface area (Å²) in [5.74, 6) is 0. The molecule has 0 fully saturated rings. The number of nitrogens with zero attached hydrogens (tertiary/aromatic N) is 1. The number of primary sulfonamides is 1. The number of H-pyrrole nitrogens is 3. The number of aromatic nitrogens is 4. The fourth-order valence-corrected chi connectivity index (χ4v) is 11.6. The van der Waals surface area contributed by atoms with Gasteiger partial charge >= 0.3 is 0 Å². The van der Waals surface area contributed by atoms with Gasteiger partial charge in [-0.25, -0.2) is 13.6 Å². The zero-order valence-electron chi connectivity index (χ0n) is 36.9. The van der Waals surface area contributed by atoms with Gasteiger partial charge in [-0.3, -0.25) is 0 Å². The van der Waals surface area contributed by atoms with Crippen molar-refractivity contribution in [2.24, 2.45) is 5.14 Å². The summed E-state index contributed by atoms with van der Waals surface area (Å²) in [4.78, 5) is 12.0. The molecule has 5 heterocycles. The zero-order valence-corrected chi connectivity index (χ0v) is 39.2. The molecule has 1 aliphatic rings. The molecule has 0 atom stereocenters. The minimum absolute atomic E-state index is 0. The molecular formula is C60H41N5O2PdS. The molecule has 334 valence electrons. The Morgan fingerprint density at radius 2 is 0.652 bits per heavy atom. The monoisotopic (exact) mass is 1000 g/mol. The van der Waals surface area contributed by atoms with Crippen molar-refractivity contribution in [3.63, 3.8) is 0 Å². The van der Waals surface area contributed by atoms with Gasteiger partial charge in [0, 0.05) is 85.9 Å². The van der Waals surface area contributed by atoms with E-state index in [0.717, 1.165) is 115 Å². The molecule has 7 nitrogen and oxygen atoms in total. The van der Waals surface area contributed by atoms with Crippen molar-refractivity contribution in [1.82, 2.24) is 19.5 Å². The summed E-state index contributed by atoms with van der Waals surface area (Å²) in [7, 11) is -4.52. The number of sulfonamides is 1. The standard InChI is InChI=1S/C60H41N5O2S.Pd/c61-68(66,67)60-57-46-34-18-17-33-45(46)55(64-57)50(38-23-7-2-8-24-38)53-42-30-14-13-29-41(42)52(62-53)49(37-21-5-1-6-22-37)54-43-31-15-16-32-44(43)56(63-54)51(39-25-9-3-10-26-39)58-47-35-19-20-36-48(47)59(60)65(58)40-27-11-4-12-28-40;/h1-36,62-64H,(H2,61,66,67);. The van der Waals surface area contributed by atoms with Crippen molar-refractivity contribution >= 4 is 74.7 Å². The maximum atomic E-state index is 15.0. The van der Waals surface area contributed by atoms with Crippen LogP contribution in [0.4, 0.5) is 0 Å². The Kier molecular flexibility index (Phi) is 10.2. The van der Waals surface area contributed by atoms with Gasteiger partial charge in [0.1, 0.15) is 4.91 Å². The maximum Gasteiger partial charge on any atom is 0.242 e. The summed E-state index contributed by atoms with van der Waals surface area (Å²) >= 11 is 0. The number of nitrogens with one attached hydrogen (secondary N) is 3.